The van der Waals surface area contributed by atoms with Crippen molar-refractivity contribution in [3.63, 3.8) is 0 Å². The van der Waals surface area contributed by atoms with Gasteiger partial charge < -0.3 is 15.8 Å². The van der Waals surface area contributed by atoms with Gasteiger partial charge in [-0.05, 0) is 24.6 Å². The van der Waals surface area contributed by atoms with Crippen molar-refractivity contribution in [3.8, 4) is 11.1 Å². The third-order valence-electron chi connectivity index (χ3n) is 5.05. The number of nitrogens with two attached hydrogens (primary N) is 2. The zero-order chi connectivity index (χ0) is 24.8. The number of aromatic carboxylic acids is 1. The Morgan fingerprint density at radius 1 is 1.12 bits per heavy atom. The van der Waals surface area contributed by atoms with Crippen LogP contribution in [0.1, 0.15) is 29.3 Å². The molecule has 0 bridgehead atoms. The molecule has 1 aliphatic heterocycles. The number of carbonyl (C=O) groups is 1. The first-order valence-electron chi connectivity index (χ1n) is 9.81. The van der Waals surface area contributed by atoms with Gasteiger partial charge in [-0.2, -0.15) is 11.1 Å². The van der Waals surface area contributed by atoms with Gasteiger partial charge in [0.2, 0.25) is 15.8 Å². The highest BCUT2D eigenvalue weighted by Crippen LogP contribution is 2.39. The van der Waals surface area contributed by atoms with Gasteiger partial charge >= 0.3 is 5.97 Å². The number of rotatable bonds is 7. The number of imidazole rings is 1. The summed E-state index contributed by atoms with van der Waals surface area (Å²) in [5.74, 6) is -2.10. The molecule has 10 N–H and O–H groups in total. The molecule has 1 aromatic heterocycles. The fourth-order valence-corrected chi connectivity index (χ4v) is 6.97. The number of hydrogen-bond donors (Lipinski definition) is 8. The van der Waals surface area contributed by atoms with Crippen LogP contribution in [-0.2, 0) is 19.9 Å². The summed E-state index contributed by atoms with van der Waals surface area (Å²) in [4.78, 5) is 17.1. The molecule has 2 heterocycles. The van der Waals surface area contributed by atoms with Crippen molar-refractivity contribution >= 4 is 36.9 Å². The highest BCUT2D eigenvalue weighted by Gasteiger charge is 2.34. The highest BCUT2D eigenvalue weighted by atomic mass is 32.2. The number of fused-ring (bicyclic) bond motifs is 1. The van der Waals surface area contributed by atoms with Gasteiger partial charge in [0.25, 0.3) is 0 Å². The molecular formula is C18H22N8O6S2. The van der Waals surface area contributed by atoms with Crippen LogP contribution < -0.4 is 32.8 Å². The zero-order valence-electron chi connectivity index (χ0n) is 17.7. The molecule has 3 aromatic rings. The van der Waals surface area contributed by atoms with Crippen LogP contribution in [0.15, 0.2) is 40.1 Å². The smallest absolute Gasteiger partial charge is 0.371 e. The Balaban J connectivity index is 2.10. The highest BCUT2D eigenvalue weighted by molar-refractivity contribution is 7.93. The number of carboxylic acids is 1. The van der Waals surface area contributed by atoms with Crippen molar-refractivity contribution in [1.82, 2.24) is 31.9 Å². The molecule has 34 heavy (non-hydrogen) atoms. The third-order valence-corrected chi connectivity index (χ3v) is 8.16. The summed E-state index contributed by atoms with van der Waals surface area (Å²) in [6.45, 7) is 1.48. The number of hydrazine groups is 3. The van der Waals surface area contributed by atoms with E-state index in [2.05, 4.69) is 31.9 Å². The van der Waals surface area contributed by atoms with Crippen molar-refractivity contribution in [1.29, 1.82) is 0 Å². The molecule has 0 amide bonds. The Morgan fingerprint density at radius 3 is 2.38 bits per heavy atom. The van der Waals surface area contributed by atoms with Crippen LogP contribution in [0.25, 0.3) is 22.2 Å². The van der Waals surface area contributed by atoms with Gasteiger partial charge in [-0.3, -0.25) is 0 Å². The SMILES string of the molecule is C[C@H](N)CS(=O)(=O)c1ccc(-c2cccc3[nH]c(C(=O)O)nc23)c(C2NNNN2)c1S(N)(=O)=O. The minimum atomic E-state index is -4.59. The number of H-pyrrole nitrogens is 1. The van der Waals surface area contributed by atoms with E-state index in [0.717, 1.165) is 6.07 Å². The van der Waals surface area contributed by atoms with Gasteiger partial charge in [0.1, 0.15) is 11.1 Å². The Kier molecular flexibility index (Phi) is 6.17. The summed E-state index contributed by atoms with van der Waals surface area (Å²) in [5.41, 5.74) is 17.5. The number of carboxylic acid groups (broad SMARTS) is 1. The number of primary sulfonamides is 1. The standard InChI is InChI=1S/C18H22N8O6S2/c1-8(19)7-33(29,30)12-6-5-9(13(15(12)34(20,31)32)16-23-25-26-24-16)10-3-2-4-11-14(10)22-17(21-11)18(27)28/h2-6,8,16,23-26H,7,19H2,1H3,(H,21,22)(H,27,28)(H2,20,31,32)/t8-/m0/s1. The Hall–Kier alpha value is -2.96. The predicted molar refractivity (Wildman–Crippen MR) is 121 cm³/mol. The summed E-state index contributed by atoms with van der Waals surface area (Å²) >= 11 is 0. The summed E-state index contributed by atoms with van der Waals surface area (Å²) in [5, 5.41) is 14.9. The van der Waals surface area contributed by atoms with Gasteiger partial charge in [-0.15, -0.1) is 0 Å². The van der Waals surface area contributed by atoms with Crippen molar-refractivity contribution in [2.75, 3.05) is 5.75 Å². The number of sulfone groups is 1. The number of aromatic amines is 1. The van der Waals surface area contributed by atoms with E-state index in [9.17, 15) is 26.7 Å². The quantitative estimate of drug-likeness (QED) is 0.187. The molecule has 4 rings (SSSR count). The van der Waals surface area contributed by atoms with Crippen LogP contribution in [0.5, 0.6) is 0 Å². The van der Waals surface area contributed by atoms with E-state index in [4.69, 9.17) is 10.9 Å². The molecular weight excluding hydrogens is 488 g/mol. The number of para-hydroxylation sites is 1. The molecule has 0 aliphatic carbocycles. The molecule has 14 nitrogen and oxygen atoms in total. The van der Waals surface area contributed by atoms with Crippen LogP contribution in [0.2, 0.25) is 0 Å². The van der Waals surface area contributed by atoms with Gasteiger partial charge in [-0.25, -0.2) is 42.6 Å². The minimum absolute atomic E-state index is 0.0156. The summed E-state index contributed by atoms with van der Waals surface area (Å²) in [7, 11) is -8.74. The van der Waals surface area contributed by atoms with E-state index in [1.165, 1.54) is 13.0 Å². The van der Waals surface area contributed by atoms with E-state index >= 15 is 0 Å². The largest absolute Gasteiger partial charge is 0.475 e. The molecule has 2 aromatic carbocycles. The average molecular weight is 511 g/mol. The number of sulfonamides is 1. The second kappa shape index (κ2) is 8.67. The minimum Gasteiger partial charge on any atom is -0.475 e. The fraction of sp³-hybridized carbons (Fsp3) is 0.222. The number of benzene rings is 2. The Labute approximate surface area is 194 Å². The maximum absolute atomic E-state index is 13.1. The van der Waals surface area contributed by atoms with Crippen molar-refractivity contribution in [2.45, 2.75) is 28.9 Å². The lowest BCUT2D eigenvalue weighted by atomic mass is 9.96. The summed E-state index contributed by atoms with van der Waals surface area (Å²) in [6, 6.07) is 6.63. The van der Waals surface area contributed by atoms with Gasteiger partial charge in [0.05, 0.1) is 21.7 Å². The maximum atomic E-state index is 13.1. The molecule has 1 fully saturated rings. The summed E-state index contributed by atoms with van der Waals surface area (Å²) in [6.07, 6.45) is -0.957. The predicted octanol–water partition coefficient (Wildman–Crippen LogP) is -1.19. The lowest BCUT2D eigenvalue weighted by Crippen LogP contribution is -2.33. The Bertz CT molecular complexity index is 1490. The lowest BCUT2D eigenvalue weighted by molar-refractivity contribution is 0.0685. The van der Waals surface area contributed by atoms with Crippen LogP contribution >= 0.6 is 0 Å². The molecule has 1 atom stereocenters. The first-order valence-corrected chi connectivity index (χ1v) is 13.0. The fourth-order valence-electron chi connectivity index (χ4n) is 3.82. The van der Waals surface area contributed by atoms with Crippen LogP contribution in [-0.4, -0.2) is 49.7 Å². The summed E-state index contributed by atoms with van der Waals surface area (Å²) < 4.78 is 51.7. The zero-order valence-corrected chi connectivity index (χ0v) is 19.3. The van der Waals surface area contributed by atoms with Crippen molar-refractivity contribution in [2.24, 2.45) is 10.9 Å². The van der Waals surface area contributed by atoms with Gasteiger partial charge in [-0.1, -0.05) is 18.2 Å². The molecule has 0 unspecified atom stereocenters. The molecule has 0 saturated carbocycles. The first-order chi connectivity index (χ1) is 15.9. The van der Waals surface area contributed by atoms with Crippen molar-refractivity contribution in [3.05, 3.63) is 41.7 Å². The molecule has 0 radical (unpaired) electrons. The monoisotopic (exact) mass is 510 g/mol. The number of hydrogen-bond acceptors (Lipinski definition) is 11. The molecule has 1 aliphatic rings. The van der Waals surface area contributed by atoms with Gasteiger partial charge in [0, 0.05) is 17.2 Å². The maximum Gasteiger partial charge on any atom is 0.371 e. The first kappa shape index (κ1) is 24.2. The number of nitrogens with one attached hydrogen (secondary N) is 5. The molecule has 182 valence electrons. The Morgan fingerprint density at radius 2 is 1.79 bits per heavy atom. The van der Waals surface area contributed by atoms with E-state index in [1.54, 1.807) is 18.2 Å². The third kappa shape index (κ3) is 4.40. The average Bonchev–Trinajstić information content (AvgIpc) is 3.40. The number of nitrogens with zero attached hydrogens (tertiary/aromatic N) is 1. The lowest BCUT2D eigenvalue weighted by Gasteiger charge is -2.22. The van der Waals surface area contributed by atoms with Crippen molar-refractivity contribution < 1.29 is 26.7 Å². The second-order valence-electron chi connectivity index (χ2n) is 7.72. The van der Waals surface area contributed by atoms with E-state index in [0.29, 0.717) is 11.1 Å². The molecule has 16 heteroatoms. The van der Waals surface area contributed by atoms with E-state index in [1.807, 2.05) is 0 Å². The molecule has 0 spiro atoms. The van der Waals surface area contributed by atoms with Crippen LogP contribution in [0.3, 0.4) is 0 Å². The van der Waals surface area contributed by atoms with Crippen LogP contribution in [0.4, 0.5) is 0 Å². The second-order valence-corrected chi connectivity index (χ2v) is 11.2. The normalized spacial score (nSPS) is 16.2. The number of aromatic nitrogens is 2. The van der Waals surface area contributed by atoms with Gasteiger partial charge in [0.15, 0.2) is 9.84 Å². The van der Waals surface area contributed by atoms with E-state index in [-0.39, 0.29) is 22.5 Å². The van der Waals surface area contributed by atoms with E-state index < -0.39 is 53.6 Å². The molecule has 1 saturated heterocycles. The van der Waals surface area contributed by atoms with Crippen LogP contribution in [0, 0.1) is 0 Å². The topological polar surface area (TPSA) is 234 Å².